The number of rotatable bonds is 7. The van der Waals surface area contributed by atoms with E-state index in [4.69, 9.17) is 5.26 Å². The van der Waals surface area contributed by atoms with E-state index in [1.54, 1.807) is 4.68 Å². The molecule has 0 unspecified atom stereocenters. The highest BCUT2D eigenvalue weighted by Crippen LogP contribution is 2.34. The van der Waals surface area contributed by atoms with Crippen molar-refractivity contribution in [2.45, 2.75) is 18.9 Å². The Labute approximate surface area is 205 Å². The van der Waals surface area contributed by atoms with Crippen molar-refractivity contribution in [3.63, 3.8) is 0 Å². The van der Waals surface area contributed by atoms with Gasteiger partial charge in [-0.1, -0.05) is 48.5 Å². The summed E-state index contributed by atoms with van der Waals surface area (Å²) in [7, 11) is 1.91. The first-order valence-electron chi connectivity index (χ1n) is 11.8. The number of nitrogens with zero attached hydrogens (tertiary/aromatic N) is 4. The summed E-state index contributed by atoms with van der Waals surface area (Å²) in [5.74, 6) is 0.0592. The summed E-state index contributed by atoms with van der Waals surface area (Å²) in [6.07, 6.45) is 5.47. The number of hydrogen-bond donors (Lipinski definition) is 1. The van der Waals surface area contributed by atoms with Crippen LogP contribution in [0.1, 0.15) is 28.3 Å². The third kappa shape index (κ3) is 4.86. The fourth-order valence-corrected chi connectivity index (χ4v) is 4.64. The van der Waals surface area contributed by atoms with E-state index >= 15 is 0 Å². The molecule has 1 aromatic heterocycles. The van der Waals surface area contributed by atoms with Gasteiger partial charge in [0.25, 0.3) is 0 Å². The molecule has 3 aromatic carbocycles. The molecule has 0 saturated carbocycles. The molecule has 0 aliphatic carbocycles. The molecule has 0 fully saturated rings. The molecule has 0 bridgehead atoms. The molecular formula is C29H27N5O. The summed E-state index contributed by atoms with van der Waals surface area (Å²) in [4.78, 5) is 15.7. The van der Waals surface area contributed by atoms with Gasteiger partial charge in [0.2, 0.25) is 5.91 Å². The minimum atomic E-state index is -0.432. The Bertz CT molecular complexity index is 1370. The van der Waals surface area contributed by atoms with E-state index in [0.717, 1.165) is 40.8 Å². The van der Waals surface area contributed by atoms with Crippen LogP contribution in [-0.4, -0.2) is 28.8 Å². The largest absolute Gasteiger partial charge is 0.310 e. The first-order valence-corrected chi connectivity index (χ1v) is 11.8. The Hall–Kier alpha value is -4.21. The number of carbonyl (C=O) groups excluding carboxylic acids is 1. The summed E-state index contributed by atoms with van der Waals surface area (Å²) in [5.41, 5.74) is 7.10. The predicted molar refractivity (Wildman–Crippen MR) is 137 cm³/mol. The van der Waals surface area contributed by atoms with E-state index in [0.29, 0.717) is 18.7 Å². The SMILES string of the molecule is Cn1cc(-c2ccc3c(c2)CCN3C(=O)[C@@H](NCCc2ccc(C#N)cc2)c2ccccc2)cn1. The zero-order valence-corrected chi connectivity index (χ0v) is 19.7. The number of carbonyl (C=O) groups is 1. The molecule has 1 amide bonds. The third-order valence-corrected chi connectivity index (χ3v) is 6.50. The number of fused-ring (bicyclic) bond motifs is 1. The van der Waals surface area contributed by atoms with E-state index in [1.807, 2.05) is 78.9 Å². The van der Waals surface area contributed by atoms with Crippen LogP contribution in [0.4, 0.5) is 5.69 Å². The molecule has 4 aromatic rings. The fraction of sp³-hybridized carbons (Fsp3) is 0.207. The number of hydrogen-bond acceptors (Lipinski definition) is 4. The van der Waals surface area contributed by atoms with Crippen LogP contribution in [-0.2, 0) is 24.7 Å². The summed E-state index contributed by atoms with van der Waals surface area (Å²) in [6, 6.07) is 25.5. The second-order valence-corrected chi connectivity index (χ2v) is 8.84. The molecule has 0 spiro atoms. The smallest absolute Gasteiger partial charge is 0.248 e. The lowest BCUT2D eigenvalue weighted by molar-refractivity contribution is -0.120. The van der Waals surface area contributed by atoms with Crippen LogP contribution in [0.3, 0.4) is 0 Å². The van der Waals surface area contributed by atoms with Gasteiger partial charge in [-0.2, -0.15) is 10.4 Å². The van der Waals surface area contributed by atoms with Gasteiger partial charge in [-0.25, -0.2) is 0 Å². The maximum atomic E-state index is 13.8. The monoisotopic (exact) mass is 461 g/mol. The molecule has 6 nitrogen and oxygen atoms in total. The average Bonchev–Trinajstić information content (AvgIpc) is 3.53. The predicted octanol–water partition coefficient (Wildman–Crippen LogP) is 4.42. The van der Waals surface area contributed by atoms with E-state index in [2.05, 4.69) is 34.7 Å². The lowest BCUT2D eigenvalue weighted by Gasteiger charge is -2.25. The second kappa shape index (κ2) is 9.96. The van der Waals surface area contributed by atoms with Crippen molar-refractivity contribution in [3.05, 3.63) is 107 Å². The van der Waals surface area contributed by atoms with Crippen molar-refractivity contribution in [1.82, 2.24) is 15.1 Å². The number of aromatic nitrogens is 2. The highest BCUT2D eigenvalue weighted by molar-refractivity contribution is 5.99. The molecule has 1 aliphatic rings. The number of anilines is 1. The van der Waals surface area contributed by atoms with Gasteiger partial charge in [0, 0.05) is 37.6 Å². The van der Waals surface area contributed by atoms with Gasteiger partial charge >= 0.3 is 0 Å². The quantitative estimate of drug-likeness (QED) is 0.442. The fourth-order valence-electron chi connectivity index (χ4n) is 4.64. The molecule has 1 atom stereocenters. The maximum absolute atomic E-state index is 13.8. The number of nitrogens with one attached hydrogen (secondary N) is 1. The maximum Gasteiger partial charge on any atom is 0.248 e. The molecule has 5 rings (SSSR count). The van der Waals surface area contributed by atoms with E-state index < -0.39 is 6.04 Å². The van der Waals surface area contributed by atoms with Crippen LogP contribution in [0.25, 0.3) is 11.1 Å². The highest BCUT2D eigenvalue weighted by atomic mass is 16.2. The van der Waals surface area contributed by atoms with E-state index in [1.165, 1.54) is 5.56 Å². The molecule has 35 heavy (non-hydrogen) atoms. The molecule has 2 heterocycles. The summed E-state index contributed by atoms with van der Waals surface area (Å²) >= 11 is 0. The van der Waals surface area contributed by atoms with Crippen molar-refractivity contribution in [2.24, 2.45) is 7.05 Å². The Balaban J connectivity index is 1.34. The molecule has 6 heteroatoms. The molecule has 174 valence electrons. The van der Waals surface area contributed by atoms with Crippen LogP contribution in [0.5, 0.6) is 0 Å². The highest BCUT2D eigenvalue weighted by Gasteiger charge is 2.31. The van der Waals surface area contributed by atoms with Crippen LogP contribution in [0.2, 0.25) is 0 Å². The molecular weight excluding hydrogens is 434 g/mol. The number of benzene rings is 3. The van der Waals surface area contributed by atoms with Gasteiger partial charge < -0.3 is 10.2 Å². The second-order valence-electron chi connectivity index (χ2n) is 8.84. The topological polar surface area (TPSA) is 74.0 Å². The van der Waals surface area contributed by atoms with Crippen molar-refractivity contribution >= 4 is 11.6 Å². The summed E-state index contributed by atoms with van der Waals surface area (Å²) < 4.78 is 1.80. The normalized spacial score (nSPS) is 13.3. The zero-order chi connectivity index (χ0) is 24.2. The van der Waals surface area contributed by atoms with Crippen molar-refractivity contribution in [1.29, 1.82) is 5.26 Å². The van der Waals surface area contributed by atoms with Crippen LogP contribution in [0, 0.1) is 11.3 Å². The standard InChI is InChI=1S/C29H27N5O/c1-33-20-26(19-32-33)24-11-12-27-25(17-24)14-16-34(27)29(35)28(23-5-3-2-4-6-23)31-15-13-21-7-9-22(18-30)10-8-21/h2-12,17,19-20,28,31H,13-16H2,1H3/t28-/m0/s1. The van der Waals surface area contributed by atoms with E-state index in [-0.39, 0.29) is 5.91 Å². The van der Waals surface area contributed by atoms with Gasteiger partial charge in [-0.3, -0.25) is 9.48 Å². The number of amides is 1. The Kier molecular flexibility index (Phi) is 6.42. The minimum Gasteiger partial charge on any atom is -0.310 e. The molecule has 0 saturated heterocycles. The number of aryl methyl sites for hydroxylation is 1. The lowest BCUT2D eigenvalue weighted by atomic mass is 10.0. The third-order valence-electron chi connectivity index (χ3n) is 6.50. The first kappa shape index (κ1) is 22.6. The van der Waals surface area contributed by atoms with Crippen molar-refractivity contribution in [2.75, 3.05) is 18.0 Å². The Morgan fingerprint density at radius 3 is 2.60 bits per heavy atom. The van der Waals surface area contributed by atoms with Crippen molar-refractivity contribution in [3.8, 4) is 17.2 Å². The Morgan fingerprint density at radius 1 is 1.09 bits per heavy atom. The van der Waals surface area contributed by atoms with Gasteiger partial charge in [-0.05, 0) is 59.4 Å². The Morgan fingerprint density at radius 2 is 1.89 bits per heavy atom. The molecule has 1 aliphatic heterocycles. The summed E-state index contributed by atoms with van der Waals surface area (Å²) in [6.45, 7) is 1.32. The van der Waals surface area contributed by atoms with Gasteiger partial charge in [0.1, 0.15) is 6.04 Å². The molecule has 1 N–H and O–H groups in total. The first-order chi connectivity index (χ1) is 17.1. The average molecular weight is 462 g/mol. The van der Waals surface area contributed by atoms with Gasteiger partial charge in [0.15, 0.2) is 0 Å². The van der Waals surface area contributed by atoms with Crippen LogP contribution in [0.15, 0.2) is 85.2 Å². The van der Waals surface area contributed by atoms with Gasteiger partial charge in [-0.15, -0.1) is 0 Å². The lowest BCUT2D eigenvalue weighted by Crippen LogP contribution is -2.41. The van der Waals surface area contributed by atoms with E-state index in [9.17, 15) is 4.79 Å². The molecule has 0 radical (unpaired) electrons. The zero-order valence-electron chi connectivity index (χ0n) is 19.7. The minimum absolute atomic E-state index is 0.0592. The van der Waals surface area contributed by atoms with Gasteiger partial charge in [0.05, 0.1) is 17.8 Å². The van der Waals surface area contributed by atoms with Crippen LogP contribution < -0.4 is 10.2 Å². The summed E-state index contributed by atoms with van der Waals surface area (Å²) in [5, 5.41) is 16.8. The van der Waals surface area contributed by atoms with Crippen LogP contribution >= 0.6 is 0 Å². The van der Waals surface area contributed by atoms with Crippen molar-refractivity contribution < 1.29 is 4.79 Å². The number of nitriles is 1.